The van der Waals surface area contributed by atoms with E-state index in [9.17, 15) is 9.59 Å². The summed E-state index contributed by atoms with van der Waals surface area (Å²) in [7, 11) is 3.23. The molecule has 1 N–H and O–H groups in total. The van der Waals surface area contributed by atoms with E-state index in [0.717, 1.165) is 41.8 Å². The van der Waals surface area contributed by atoms with Gasteiger partial charge in [-0.2, -0.15) is 0 Å². The molecule has 9 heteroatoms. The Bertz CT molecular complexity index is 1260. The van der Waals surface area contributed by atoms with Crippen molar-refractivity contribution >= 4 is 23.2 Å². The summed E-state index contributed by atoms with van der Waals surface area (Å²) in [5, 5.41) is 2.98. The predicted molar refractivity (Wildman–Crippen MR) is 152 cm³/mol. The molecule has 1 atom stereocenters. The van der Waals surface area contributed by atoms with E-state index in [0.29, 0.717) is 44.0 Å². The van der Waals surface area contributed by atoms with E-state index in [1.165, 1.54) is 4.88 Å². The van der Waals surface area contributed by atoms with Crippen LogP contribution in [-0.2, 0) is 29.0 Å². The summed E-state index contributed by atoms with van der Waals surface area (Å²) in [5.41, 5.74) is 4.72. The summed E-state index contributed by atoms with van der Waals surface area (Å²) in [6.07, 6.45) is 4.01. The van der Waals surface area contributed by atoms with Crippen molar-refractivity contribution < 1.29 is 23.8 Å². The molecule has 4 rings (SSSR count). The zero-order chi connectivity index (χ0) is 27.6. The van der Waals surface area contributed by atoms with Gasteiger partial charge in [-0.25, -0.2) is 4.98 Å². The van der Waals surface area contributed by atoms with Gasteiger partial charge in [0.15, 0.2) is 11.5 Å². The third kappa shape index (κ3) is 7.50. The molecule has 39 heavy (non-hydrogen) atoms. The van der Waals surface area contributed by atoms with Crippen molar-refractivity contribution in [2.45, 2.75) is 58.0 Å². The molecule has 0 spiro atoms. The van der Waals surface area contributed by atoms with Gasteiger partial charge in [0.25, 0.3) is 0 Å². The van der Waals surface area contributed by atoms with Crippen LogP contribution in [0, 0.1) is 6.92 Å². The number of ether oxygens (including phenoxy) is 3. The fourth-order valence-corrected chi connectivity index (χ4v) is 5.60. The largest absolute Gasteiger partial charge is 0.496 e. The highest BCUT2D eigenvalue weighted by atomic mass is 32.1. The topological polar surface area (TPSA) is 90.0 Å². The number of methoxy groups -OCH3 is 2. The highest BCUT2D eigenvalue weighted by molar-refractivity contribution is 7.09. The number of nitrogens with zero attached hydrogens (tertiary/aromatic N) is 2. The third-order valence-electron chi connectivity index (χ3n) is 7.02. The fourth-order valence-electron chi connectivity index (χ4n) is 4.83. The van der Waals surface area contributed by atoms with Gasteiger partial charge in [0.1, 0.15) is 11.8 Å². The lowest BCUT2D eigenvalue weighted by Gasteiger charge is -2.30. The second-order valence-corrected chi connectivity index (χ2v) is 10.5. The Kier molecular flexibility index (Phi) is 10.2. The summed E-state index contributed by atoms with van der Waals surface area (Å²) >= 11 is 1.63. The molecule has 0 saturated carbocycles. The van der Waals surface area contributed by atoms with Crippen LogP contribution in [0.4, 0.5) is 0 Å². The molecule has 1 fully saturated rings. The molecule has 1 aliphatic rings. The molecule has 0 unspecified atom stereocenters. The maximum Gasteiger partial charge on any atom is 0.242 e. The molecule has 2 heterocycles. The van der Waals surface area contributed by atoms with Crippen molar-refractivity contribution in [3.05, 3.63) is 69.7 Å². The number of aromatic nitrogens is 1. The van der Waals surface area contributed by atoms with Gasteiger partial charge in [0.2, 0.25) is 11.8 Å². The van der Waals surface area contributed by atoms with Crippen LogP contribution in [0.15, 0.2) is 48.0 Å². The molecule has 1 aliphatic heterocycles. The maximum atomic E-state index is 13.6. The van der Waals surface area contributed by atoms with Gasteiger partial charge in [-0.05, 0) is 61.9 Å². The zero-order valence-electron chi connectivity index (χ0n) is 22.9. The van der Waals surface area contributed by atoms with Crippen molar-refractivity contribution in [2.75, 3.05) is 27.4 Å². The van der Waals surface area contributed by atoms with Crippen LogP contribution >= 0.6 is 11.3 Å². The second-order valence-electron chi connectivity index (χ2n) is 9.58. The smallest absolute Gasteiger partial charge is 0.242 e. The molecule has 2 amide bonds. The Labute approximate surface area is 234 Å². The maximum absolute atomic E-state index is 13.6. The first-order chi connectivity index (χ1) is 19.0. The minimum absolute atomic E-state index is 0.0674. The third-order valence-corrected chi connectivity index (χ3v) is 8.01. The number of para-hydroxylation sites is 1. The molecule has 1 aromatic heterocycles. The number of benzene rings is 2. The first kappa shape index (κ1) is 28.4. The monoisotopic (exact) mass is 551 g/mol. The molecule has 0 radical (unpaired) electrons. The number of nitrogens with one attached hydrogen (secondary N) is 1. The summed E-state index contributed by atoms with van der Waals surface area (Å²) in [6, 6.07) is 12.9. The van der Waals surface area contributed by atoms with E-state index in [2.05, 4.69) is 10.3 Å². The molecule has 2 aromatic carbocycles. The van der Waals surface area contributed by atoms with Crippen molar-refractivity contribution in [3.63, 3.8) is 0 Å². The van der Waals surface area contributed by atoms with E-state index in [1.807, 2.05) is 54.9 Å². The quantitative estimate of drug-likeness (QED) is 0.350. The first-order valence-electron chi connectivity index (χ1n) is 13.4. The van der Waals surface area contributed by atoms with E-state index in [1.54, 1.807) is 30.5 Å². The Morgan fingerprint density at radius 2 is 1.90 bits per heavy atom. The van der Waals surface area contributed by atoms with Crippen LogP contribution in [0.25, 0.3) is 0 Å². The van der Waals surface area contributed by atoms with Gasteiger partial charge in [-0.15, -0.1) is 11.3 Å². The lowest BCUT2D eigenvalue weighted by atomic mass is 10.0. The molecule has 208 valence electrons. The average molecular weight is 552 g/mol. The molecule has 3 aromatic rings. The Balaban J connectivity index is 1.49. The molecular weight excluding hydrogens is 514 g/mol. The lowest BCUT2D eigenvalue weighted by molar-refractivity contribution is -0.141. The number of carbonyl (C=O) groups is 2. The van der Waals surface area contributed by atoms with Gasteiger partial charge in [-0.1, -0.05) is 24.3 Å². The number of aryl methyl sites for hydroxylation is 2. The van der Waals surface area contributed by atoms with Gasteiger partial charge in [0, 0.05) is 30.8 Å². The van der Waals surface area contributed by atoms with Crippen LogP contribution in [0.2, 0.25) is 0 Å². The van der Waals surface area contributed by atoms with E-state index in [-0.39, 0.29) is 18.2 Å². The number of hydrogen-bond acceptors (Lipinski definition) is 7. The Morgan fingerprint density at radius 1 is 1.08 bits per heavy atom. The minimum atomic E-state index is -0.512. The molecule has 0 bridgehead atoms. The van der Waals surface area contributed by atoms with Crippen molar-refractivity contribution in [2.24, 2.45) is 0 Å². The highest BCUT2D eigenvalue weighted by Gasteiger charge is 2.31. The zero-order valence-corrected chi connectivity index (χ0v) is 23.7. The fraction of sp³-hybridized carbons (Fsp3) is 0.433. The summed E-state index contributed by atoms with van der Waals surface area (Å²) < 4.78 is 17.1. The van der Waals surface area contributed by atoms with Gasteiger partial charge >= 0.3 is 0 Å². The summed E-state index contributed by atoms with van der Waals surface area (Å²) in [5.74, 6) is 1.84. The Morgan fingerprint density at radius 3 is 2.67 bits per heavy atom. The van der Waals surface area contributed by atoms with Crippen molar-refractivity contribution in [1.29, 1.82) is 0 Å². The van der Waals surface area contributed by atoms with E-state index < -0.39 is 6.04 Å². The molecule has 0 aliphatic carbocycles. The van der Waals surface area contributed by atoms with Gasteiger partial charge in [-0.3, -0.25) is 9.59 Å². The number of amides is 2. The Hall–Kier alpha value is -3.59. The van der Waals surface area contributed by atoms with Crippen LogP contribution < -0.4 is 19.5 Å². The lowest BCUT2D eigenvalue weighted by Crippen LogP contribution is -2.48. The summed E-state index contributed by atoms with van der Waals surface area (Å²) in [4.78, 5) is 33.8. The second kappa shape index (κ2) is 14.0. The predicted octanol–water partition coefficient (Wildman–Crippen LogP) is 4.72. The average Bonchev–Trinajstić information content (AvgIpc) is 3.24. The standard InChI is InChI=1S/C30H37N3O5S/c1-21-28(39-20-32-21)15-17-38-26-13-11-22(18-27(26)37-3)19-33(24-9-6-7-16-31-30(24)35)29(34)14-12-23-8-4-5-10-25(23)36-2/h4-5,8,10-11,13,18,20,24H,6-7,9,12,14-17,19H2,1-3H3,(H,31,35)/t24-/m0/s1. The molecule has 8 nitrogen and oxygen atoms in total. The summed E-state index contributed by atoms with van der Waals surface area (Å²) in [6.45, 7) is 3.45. The first-order valence-corrected chi connectivity index (χ1v) is 14.3. The normalized spacial score (nSPS) is 15.3. The minimum Gasteiger partial charge on any atom is -0.496 e. The van der Waals surface area contributed by atoms with Gasteiger partial charge in [0.05, 0.1) is 32.0 Å². The SMILES string of the molecule is COc1ccccc1CCC(=O)N(Cc1ccc(OCCc2scnc2C)c(OC)c1)[C@H]1CCCCNC1=O. The number of rotatable bonds is 12. The molecule has 1 saturated heterocycles. The van der Waals surface area contributed by atoms with E-state index >= 15 is 0 Å². The van der Waals surface area contributed by atoms with Crippen LogP contribution in [0.3, 0.4) is 0 Å². The van der Waals surface area contributed by atoms with Crippen molar-refractivity contribution in [1.82, 2.24) is 15.2 Å². The van der Waals surface area contributed by atoms with Crippen LogP contribution in [0.1, 0.15) is 47.4 Å². The van der Waals surface area contributed by atoms with Gasteiger partial charge < -0.3 is 24.4 Å². The number of carbonyl (C=O) groups excluding carboxylic acids is 2. The van der Waals surface area contributed by atoms with Crippen molar-refractivity contribution in [3.8, 4) is 17.2 Å². The van der Waals surface area contributed by atoms with Crippen LogP contribution in [0.5, 0.6) is 17.2 Å². The van der Waals surface area contributed by atoms with Crippen LogP contribution in [-0.4, -0.2) is 55.1 Å². The van der Waals surface area contributed by atoms with E-state index in [4.69, 9.17) is 14.2 Å². The molecular formula is C30H37N3O5S. The number of thiazole rings is 1. The number of hydrogen-bond donors (Lipinski definition) is 1. The highest BCUT2D eigenvalue weighted by Crippen LogP contribution is 2.30.